The Hall–Kier alpha value is -2.61. The Morgan fingerprint density at radius 1 is 1.00 bits per heavy atom. The number of rotatable bonds is 8. The van der Waals surface area contributed by atoms with Crippen molar-refractivity contribution in [3.63, 3.8) is 0 Å². The van der Waals surface area contributed by atoms with Crippen molar-refractivity contribution in [2.75, 3.05) is 35.2 Å². The molecular formula is C20H23NO6. The minimum absolute atomic E-state index is 0.0327. The summed E-state index contributed by atoms with van der Waals surface area (Å²) < 4.78 is 28.8. The Balaban J connectivity index is 2.46. The van der Waals surface area contributed by atoms with Crippen LogP contribution < -0.4 is 4.74 Å². The largest absolute Gasteiger partial charge is 0.465 e. The Morgan fingerprint density at radius 3 is 2.44 bits per heavy atom. The number of fused-ring (bicyclic) bond motifs is 3. The highest BCUT2D eigenvalue weighted by molar-refractivity contribution is 6.13. The van der Waals surface area contributed by atoms with E-state index in [9.17, 15) is 4.79 Å². The lowest BCUT2D eigenvalue weighted by molar-refractivity contribution is 0.0482. The highest BCUT2D eigenvalue weighted by Crippen LogP contribution is 2.40. The standard InChI is InChI=1S/C20H23NO6/c1-23-10-16-15(20(22)26-4)9-14-13-7-5-6-8-17(13)21(11-24-2)18(14)19(16)27-12-25-3/h5-9H,10-12H2,1-4H3. The number of esters is 1. The van der Waals surface area contributed by atoms with Crippen LogP contribution in [0, 0.1) is 0 Å². The van der Waals surface area contributed by atoms with Crippen molar-refractivity contribution in [1.29, 1.82) is 0 Å². The highest BCUT2D eigenvalue weighted by atomic mass is 16.7. The second kappa shape index (κ2) is 8.39. The molecule has 0 aliphatic carbocycles. The number of para-hydroxylation sites is 1. The van der Waals surface area contributed by atoms with Gasteiger partial charge in [-0.15, -0.1) is 0 Å². The normalized spacial score (nSPS) is 11.3. The summed E-state index contributed by atoms with van der Waals surface area (Å²) in [6.07, 6.45) is 0. The maximum atomic E-state index is 12.5. The smallest absolute Gasteiger partial charge is 0.338 e. The number of methoxy groups -OCH3 is 4. The zero-order valence-electron chi connectivity index (χ0n) is 15.9. The van der Waals surface area contributed by atoms with Gasteiger partial charge in [0.05, 0.1) is 30.3 Å². The van der Waals surface area contributed by atoms with Crippen molar-refractivity contribution in [2.45, 2.75) is 13.3 Å². The van der Waals surface area contributed by atoms with Crippen molar-refractivity contribution in [3.05, 3.63) is 41.5 Å². The molecule has 0 amide bonds. The third kappa shape index (κ3) is 3.37. The number of carbonyl (C=O) groups excluding carboxylic acids is 1. The van der Waals surface area contributed by atoms with Gasteiger partial charge in [-0.2, -0.15) is 0 Å². The number of hydrogen-bond donors (Lipinski definition) is 0. The molecule has 0 spiro atoms. The Morgan fingerprint density at radius 2 is 1.78 bits per heavy atom. The van der Waals surface area contributed by atoms with E-state index in [2.05, 4.69) is 0 Å². The molecule has 0 bridgehead atoms. The van der Waals surface area contributed by atoms with Gasteiger partial charge in [0, 0.05) is 37.7 Å². The lowest BCUT2D eigenvalue weighted by Gasteiger charge is -2.17. The average Bonchev–Trinajstić information content (AvgIpc) is 3.00. The second-order valence-corrected chi connectivity index (χ2v) is 5.97. The molecule has 0 saturated carbocycles. The van der Waals surface area contributed by atoms with Crippen LogP contribution in [0.2, 0.25) is 0 Å². The van der Waals surface area contributed by atoms with E-state index in [0.717, 1.165) is 21.8 Å². The number of benzene rings is 2. The molecule has 2 aromatic carbocycles. The van der Waals surface area contributed by atoms with Gasteiger partial charge >= 0.3 is 5.97 Å². The van der Waals surface area contributed by atoms with Crippen molar-refractivity contribution in [2.24, 2.45) is 0 Å². The first-order chi connectivity index (χ1) is 13.2. The van der Waals surface area contributed by atoms with Gasteiger partial charge in [-0.3, -0.25) is 0 Å². The van der Waals surface area contributed by atoms with Crippen LogP contribution in [0.25, 0.3) is 21.8 Å². The molecule has 0 atom stereocenters. The molecule has 0 N–H and O–H groups in total. The monoisotopic (exact) mass is 373 g/mol. The van der Waals surface area contributed by atoms with E-state index < -0.39 is 5.97 Å². The van der Waals surface area contributed by atoms with Gasteiger partial charge in [0.2, 0.25) is 0 Å². The second-order valence-electron chi connectivity index (χ2n) is 5.97. The molecule has 0 unspecified atom stereocenters. The van der Waals surface area contributed by atoms with E-state index in [1.807, 2.05) is 34.9 Å². The highest BCUT2D eigenvalue weighted by Gasteiger charge is 2.25. The van der Waals surface area contributed by atoms with Crippen LogP contribution in [0.15, 0.2) is 30.3 Å². The summed E-state index contributed by atoms with van der Waals surface area (Å²) in [5.74, 6) is 0.0691. The topological polar surface area (TPSA) is 68.2 Å². The van der Waals surface area contributed by atoms with E-state index in [1.54, 1.807) is 21.3 Å². The summed E-state index contributed by atoms with van der Waals surface area (Å²) in [6, 6.07) is 9.74. The summed E-state index contributed by atoms with van der Waals surface area (Å²) >= 11 is 0. The Kier molecular flexibility index (Phi) is 5.95. The quantitative estimate of drug-likeness (QED) is 0.446. The lowest BCUT2D eigenvalue weighted by Crippen LogP contribution is -2.12. The van der Waals surface area contributed by atoms with E-state index in [0.29, 0.717) is 23.6 Å². The van der Waals surface area contributed by atoms with Crippen molar-refractivity contribution in [1.82, 2.24) is 4.57 Å². The van der Waals surface area contributed by atoms with Crippen LogP contribution in [0.1, 0.15) is 15.9 Å². The first-order valence-electron chi connectivity index (χ1n) is 8.42. The molecule has 27 heavy (non-hydrogen) atoms. The zero-order chi connectivity index (χ0) is 19.4. The van der Waals surface area contributed by atoms with Crippen LogP contribution in [0.4, 0.5) is 0 Å². The van der Waals surface area contributed by atoms with Gasteiger partial charge in [-0.25, -0.2) is 4.79 Å². The predicted molar refractivity (Wildman–Crippen MR) is 101 cm³/mol. The first kappa shape index (κ1) is 19.2. The fourth-order valence-electron chi connectivity index (χ4n) is 3.33. The number of ether oxygens (including phenoxy) is 5. The molecule has 0 fully saturated rings. The van der Waals surface area contributed by atoms with Gasteiger partial charge in [-0.1, -0.05) is 18.2 Å². The lowest BCUT2D eigenvalue weighted by atomic mass is 10.0. The Labute approximate surface area is 157 Å². The molecular weight excluding hydrogens is 350 g/mol. The van der Waals surface area contributed by atoms with E-state index in [-0.39, 0.29) is 13.4 Å². The molecule has 7 nitrogen and oxygen atoms in total. The maximum absolute atomic E-state index is 12.5. The minimum atomic E-state index is -0.449. The minimum Gasteiger partial charge on any atom is -0.465 e. The molecule has 0 aliphatic rings. The number of nitrogens with zero attached hydrogens (tertiary/aromatic N) is 1. The summed E-state index contributed by atoms with van der Waals surface area (Å²) in [5, 5.41) is 1.86. The van der Waals surface area contributed by atoms with Gasteiger partial charge < -0.3 is 28.3 Å². The molecule has 1 aromatic heterocycles. The van der Waals surface area contributed by atoms with E-state index >= 15 is 0 Å². The third-order valence-corrected chi connectivity index (χ3v) is 4.39. The Bertz CT molecular complexity index is 962. The predicted octanol–water partition coefficient (Wildman–Crippen LogP) is 3.31. The first-order valence-corrected chi connectivity index (χ1v) is 8.42. The van der Waals surface area contributed by atoms with Crippen molar-refractivity contribution < 1.29 is 28.5 Å². The number of aromatic nitrogens is 1. The van der Waals surface area contributed by atoms with Gasteiger partial charge in [0.15, 0.2) is 12.5 Å². The SMILES string of the molecule is COCOc1c(COC)c(C(=O)OC)cc2c3ccccc3n(COC)c12. The third-order valence-electron chi connectivity index (χ3n) is 4.39. The average molecular weight is 373 g/mol. The summed E-state index contributed by atoms with van der Waals surface area (Å²) in [5.41, 5.74) is 2.80. The molecule has 0 radical (unpaired) electrons. The van der Waals surface area contributed by atoms with E-state index in [4.69, 9.17) is 23.7 Å². The van der Waals surface area contributed by atoms with Crippen LogP contribution in [-0.2, 0) is 32.3 Å². The zero-order valence-corrected chi connectivity index (χ0v) is 15.9. The van der Waals surface area contributed by atoms with Crippen LogP contribution in [0.5, 0.6) is 5.75 Å². The van der Waals surface area contributed by atoms with Crippen molar-refractivity contribution in [3.8, 4) is 5.75 Å². The maximum Gasteiger partial charge on any atom is 0.338 e. The van der Waals surface area contributed by atoms with Gasteiger partial charge in [-0.05, 0) is 12.1 Å². The molecule has 3 aromatic rings. The van der Waals surface area contributed by atoms with Crippen molar-refractivity contribution >= 4 is 27.8 Å². The molecule has 1 heterocycles. The summed E-state index contributed by atoms with van der Waals surface area (Å²) in [7, 11) is 6.10. The molecule has 144 valence electrons. The molecule has 0 saturated heterocycles. The van der Waals surface area contributed by atoms with Crippen LogP contribution in [0.3, 0.4) is 0 Å². The molecule has 7 heteroatoms. The van der Waals surface area contributed by atoms with Gasteiger partial charge in [0.1, 0.15) is 6.73 Å². The fourth-order valence-corrected chi connectivity index (χ4v) is 3.33. The van der Waals surface area contributed by atoms with Crippen LogP contribution >= 0.6 is 0 Å². The molecule has 0 aliphatic heterocycles. The molecule has 3 rings (SSSR count). The van der Waals surface area contributed by atoms with Gasteiger partial charge in [0.25, 0.3) is 0 Å². The summed E-state index contributed by atoms with van der Waals surface area (Å²) in [4.78, 5) is 12.5. The fraction of sp³-hybridized carbons (Fsp3) is 0.350. The number of carbonyl (C=O) groups is 1. The van der Waals surface area contributed by atoms with Crippen LogP contribution in [-0.4, -0.2) is 45.8 Å². The number of hydrogen-bond acceptors (Lipinski definition) is 6. The van der Waals surface area contributed by atoms with E-state index in [1.165, 1.54) is 7.11 Å². The summed E-state index contributed by atoms with van der Waals surface area (Å²) in [6.45, 7) is 0.552.